The highest BCUT2D eigenvalue weighted by molar-refractivity contribution is 6.04. The van der Waals surface area contributed by atoms with Crippen LogP contribution >= 0.6 is 0 Å². The van der Waals surface area contributed by atoms with Crippen LogP contribution in [-0.4, -0.2) is 11.9 Å². The molecule has 0 radical (unpaired) electrons. The first-order valence-corrected chi connectivity index (χ1v) is 8.20. The third-order valence-electron chi connectivity index (χ3n) is 3.28. The molecule has 2 rings (SSSR count). The van der Waals surface area contributed by atoms with Crippen molar-refractivity contribution in [3.8, 4) is 0 Å². The van der Waals surface area contributed by atoms with Gasteiger partial charge in [0.05, 0.1) is 0 Å². The lowest BCUT2D eigenvalue weighted by molar-refractivity contribution is 0.145. The zero-order valence-corrected chi connectivity index (χ0v) is 14.6. The van der Waals surface area contributed by atoms with Gasteiger partial charge >= 0.3 is 6.09 Å². The van der Waals surface area contributed by atoms with Crippen molar-refractivity contribution < 1.29 is 9.53 Å². The number of aryl methyl sites for hydroxylation is 1. The van der Waals surface area contributed by atoms with Crippen molar-refractivity contribution in [1.29, 1.82) is 5.41 Å². The van der Waals surface area contributed by atoms with Gasteiger partial charge in [0, 0.05) is 5.56 Å². The second-order valence-electron chi connectivity index (χ2n) is 5.43. The van der Waals surface area contributed by atoms with Gasteiger partial charge in [-0.3, -0.25) is 10.7 Å². The lowest BCUT2D eigenvalue weighted by Crippen LogP contribution is -2.30. The number of alkyl carbamates (subject to hydrolysis) is 1. The lowest BCUT2D eigenvalue weighted by Gasteiger charge is -2.08. The van der Waals surface area contributed by atoms with E-state index in [1.54, 1.807) is 12.1 Å². The number of rotatable bonds is 4. The molecule has 0 aliphatic carbocycles. The Hall–Kier alpha value is -2.62. The van der Waals surface area contributed by atoms with Gasteiger partial charge < -0.3 is 4.74 Å². The van der Waals surface area contributed by atoms with E-state index < -0.39 is 6.09 Å². The number of hydrogen-bond acceptors (Lipinski definition) is 3. The largest absolute Gasteiger partial charge is 0.444 e. The highest BCUT2D eigenvalue weighted by atomic mass is 16.5. The third kappa shape index (κ3) is 7.58. The fraction of sp³-hybridized carbons (Fsp3) is 0.300. The molecule has 4 nitrogen and oxygen atoms in total. The molecular formula is C20H26N2O2. The summed E-state index contributed by atoms with van der Waals surface area (Å²) in [6.07, 6.45) is 2.01. The molecule has 0 atom stereocenters. The molecule has 0 unspecified atom stereocenters. The molecule has 2 N–H and O–H groups in total. The fourth-order valence-electron chi connectivity index (χ4n) is 1.65. The lowest BCUT2D eigenvalue weighted by atomic mass is 10.1. The van der Waals surface area contributed by atoms with Crippen LogP contribution in [0.25, 0.3) is 0 Å². The minimum atomic E-state index is -0.626. The number of amidine groups is 1. The number of hydrogen-bond donors (Lipinski definition) is 2. The van der Waals surface area contributed by atoms with Gasteiger partial charge in [-0.05, 0) is 12.5 Å². The molecule has 0 spiro atoms. The normalized spacial score (nSPS) is 9.46. The molecule has 0 bridgehead atoms. The van der Waals surface area contributed by atoms with Gasteiger partial charge in [-0.25, -0.2) is 4.79 Å². The highest BCUT2D eigenvalue weighted by Crippen LogP contribution is 2.04. The predicted molar refractivity (Wildman–Crippen MR) is 98.4 cm³/mol. The van der Waals surface area contributed by atoms with Gasteiger partial charge in [-0.15, -0.1) is 0 Å². The Morgan fingerprint density at radius 1 is 1.00 bits per heavy atom. The van der Waals surface area contributed by atoms with E-state index >= 15 is 0 Å². The smallest absolute Gasteiger partial charge is 0.413 e. The molecule has 24 heavy (non-hydrogen) atoms. The number of benzene rings is 2. The maximum Gasteiger partial charge on any atom is 0.413 e. The summed E-state index contributed by atoms with van der Waals surface area (Å²) in [5, 5.41) is 10.2. The minimum Gasteiger partial charge on any atom is -0.444 e. The topological polar surface area (TPSA) is 62.2 Å². The van der Waals surface area contributed by atoms with Crippen LogP contribution in [0.1, 0.15) is 43.4 Å². The molecule has 2 aromatic carbocycles. The van der Waals surface area contributed by atoms with E-state index in [0.717, 1.165) is 11.1 Å². The second-order valence-corrected chi connectivity index (χ2v) is 5.43. The van der Waals surface area contributed by atoms with Crippen molar-refractivity contribution in [2.45, 2.75) is 40.2 Å². The molecule has 0 saturated carbocycles. The van der Waals surface area contributed by atoms with Crippen molar-refractivity contribution in [1.82, 2.24) is 5.32 Å². The van der Waals surface area contributed by atoms with Gasteiger partial charge in [-0.1, -0.05) is 86.8 Å². The van der Waals surface area contributed by atoms with E-state index in [9.17, 15) is 4.79 Å². The summed E-state index contributed by atoms with van der Waals surface area (Å²) in [4.78, 5) is 11.6. The number of unbranched alkanes of at least 4 members (excludes halogenated alkanes) is 1. The molecule has 4 heteroatoms. The number of amides is 1. The Morgan fingerprint density at radius 3 is 2.12 bits per heavy atom. The number of carbonyl (C=O) groups is 1. The summed E-state index contributed by atoms with van der Waals surface area (Å²) < 4.78 is 5.05. The average Bonchev–Trinajstić information content (AvgIpc) is 2.61. The summed E-state index contributed by atoms with van der Waals surface area (Å²) in [6.45, 7) is 6.52. The summed E-state index contributed by atoms with van der Waals surface area (Å²) in [5.41, 5.74) is 2.66. The van der Waals surface area contributed by atoms with Gasteiger partial charge in [0.2, 0.25) is 0 Å². The van der Waals surface area contributed by atoms with Crippen LogP contribution in [-0.2, 0) is 11.3 Å². The first-order valence-electron chi connectivity index (χ1n) is 8.20. The zero-order chi connectivity index (χ0) is 17.8. The Kier molecular flexibility index (Phi) is 8.90. The Morgan fingerprint density at radius 2 is 1.58 bits per heavy atom. The van der Waals surface area contributed by atoms with E-state index in [4.69, 9.17) is 10.1 Å². The summed E-state index contributed by atoms with van der Waals surface area (Å²) in [5.74, 6) is 0.0306. The third-order valence-corrected chi connectivity index (χ3v) is 3.28. The maximum atomic E-state index is 11.6. The van der Waals surface area contributed by atoms with Crippen molar-refractivity contribution in [2.24, 2.45) is 0 Å². The van der Waals surface area contributed by atoms with Crippen LogP contribution in [0.4, 0.5) is 4.79 Å². The fourth-order valence-corrected chi connectivity index (χ4v) is 1.65. The van der Waals surface area contributed by atoms with Crippen LogP contribution in [0.3, 0.4) is 0 Å². The molecule has 2 aromatic rings. The monoisotopic (exact) mass is 326 g/mol. The van der Waals surface area contributed by atoms with Gasteiger partial charge in [0.1, 0.15) is 12.4 Å². The van der Waals surface area contributed by atoms with Crippen molar-refractivity contribution >= 4 is 11.9 Å². The van der Waals surface area contributed by atoms with Crippen LogP contribution in [0.5, 0.6) is 0 Å². The van der Waals surface area contributed by atoms with E-state index in [0.29, 0.717) is 5.56 Å². The van der Waals surface area contributed by atoms with Crippen molar-refractivity contribution in [2.75, 3.05) is 0 Å². The summed E-state index contributed by atoms with van der Waals surface area (Å²) in [6, 6.07) is 16.8. The molecule has 0 aromatic heterocycles. The van der Waals surface area contributed by atoms with Crippen LogP contribution < -0.4 is 5.32 Å². The predicted octanol–water partition coefficient (Wildman–Crippen LogP) is 5.05. The molecule has 0 aliphatic heterocycles. The van der Waals surface area contributed by atoms with E-state index in [1.165, 1.54) is 12.8 Å². The van der Waals surface area contributed by atoms with Crippen LogP contribution in [0.2, 0.25) is 0 Å². The number of ether oxygens (including phenoxy) is 1. The SMILES string of the molecule is CCCC.Cc1ccc(C(=N)NC(=O)OCc2ccccc2)cc1. The van der Waals surface area contributed by atoms with Gasteiger partial charge in [-0.2, -0.15) is 0 Å². The van der Waals surface area contributed by atoms with E-state index in [1.807, 2.05) is 49.4 Å². The molecule has 0 saturated heterocycles. The molecule has 128 valence electrons. The highest BCUT2D eigenvalue weighted by Gasteiger charge is 2.07. The quantitative estimate of drug-likeness (QED) is 0.610. The number of nitrogens with one attached hydrogen (secondary N) is 2. The maximum absolute atomic E-state index is 11.6. The standard InChI is InChI=1S/C16H16N2O2.C4H10/c1-12-7-9-14(10-8-12)15(17)18-16(19)20-11-13-5-3-2-4-6-13;1-3-4-2/h2-10H,11H2,1H3,(H2,17,18,19);3-4H2,1-2H3. The molecule has 0 fully saturated rings. The Balaban J connectivity index is 0.000000648. The zero-order valence-electron chi connectivity index (χ0n) is 14.6. The van der Waals surface area contributed by atoms with E-state index in [2.05, 4.69) is 19.2 Å². The molecule has 0 heterocycles. The average molecular weight is 326 g/mol. The summed E-state index contributed by atoms with van der Waals surface area (Å²) in [7, 11) is 0. The second kappa shape index (κ2) is 11.0. The summed E-state index contributed by atoms with van der Waals surface area (Å²) >= 11 is 0. The first kappa shape index (κ1) is 19.4. The van der Waals surface area contributed by atoms with Crippen LogP contribution in [0, 0.1) is 12.3 Å². The van der Waals surface area contributed by atoms with Crippen molar-refractivity contribution in [3.63, 3.8) is 0 Å². The molecular weight excluding hydrogens is 300 g/mol. The number of carbonyl (C=O) groups excluding carboxylic acids is 1. The Bertz CT molecular complexity index is 620. The Labute approximate surface area is 144 Å². The molecule has 1 amide bonds. The first-order chi connectivity index (χ1) is 11.6. The minimum absolute atomic E-state index is 0.0306. The van der Waals surface area contributed by atoms with Gasteiger partial charge in [0.25, 0.3) is 0 Å². The molecule has 0 aliphatic rings. The van der Waals surface area contributed by atoms with Crippen LogP contribution in [0.15, 0.2) is 54.6 Å². The van der Waals surface area contributed by atoms with Gasteiger partial charge in [0.15, 0.2) is 0 Å². The van der Waals surface area contributed by atoms with Crippen molar-refractivity contribution in [3.05, 3.63) is 71.3 Å². The van der Waals surface area contributed by atoms with E-state index in [-0.39, 0.29) is 12.4 Å².